The van der Waals surface area contributed by atoms with Gasteiger partial charge in [-0.3, -0.25) is 0 Å². The van der Waals surface area contributed by atoms with Gasteiger partial charge in [0.05, 0.1) is 0 Å². The van der Waals surface area contributed by atoms with Gasteiger partial charge in [-0.2, -0.15) is 0 Å². The zero-order valence-corrected chi connectivity index (χ0v) is 6.17. The van der Waals surface area contributed by atoms with Crippen molar-refractivity contribution in [2.24, 2.45) is 0 Å². The third-order valence-corrected chi connectivity index (χ3v) is 2.49. The van der Waals surface area contributed by atoms with Crippen LogP contribution in [0.15, 0.2) is 36.4 Å². The fourth-order valence-corrected chi connectivity index (χ4v) is 1.94. The number of hydrogen-bond donors (Lipinski definition) is 0. The van der Waals surface area contributed by atoms with Crippen LogP contribution in [0.1, 0.15) is 19.0 Å². The van der Waals surface area contributed by atoms with E-state index < -0.39 is 0 Å². The molecule has 0 fully saturated rings. The van der Waals surface area contributed by atoms with Gasteiger partial charge in [-0.15, -0.1) is 0 Å². The molecule has 2 aliphatic carbocycles. The van der Waals surface area contributed by atoms with E-state index in [0.717, 1.165) is 0 Å². The topological polar surface area (TPSA) is 0 Å². The van der Waals surface area contributed by atoms with Crippen LogP contribution < -0.4 is 0 Å². The van der Waals surface area contributed by atoms with E-state index >= 15 is 0 Å². The van der Waals surface area contributed by atoms with E-state index in [1.807, 2.05) is 0 Å². The molecule has 0 saturated carbocycles. The Morgan fingerprint density at radius 1 is 0.909 bits per heavy atom. The highest BCUT2D eigenvalue weighted by atomic mass is 14.3. The fourth-order valence-electron chi connectivity index (χ4n) is 1.94. The van der Waals surface area contributed by atoms with Gasteiger partial charge in [0.1, 0.15) is 0 Å². The summed E-state index contributed by atoms with van der Waals surface area (Å²) in [5.74, 6) is 0. The van der Waals surface area contributed by atoms with E-state index in [1.54, 1.807) is 0 Å². The van der Waals surface area contributed by atoms with E-state index in [2.05, 4.69) is 36.4 Å². The van der Waals surface area contributed by atoms with Crippen LogP contribution in [0.5, 0.6) is 0 Å². The lowest BCUT2D eigenvalue weighted by Crippen LogP contribution is -1.81. The third-order valence-electron chi connectivity index (χ3n) is 2.49. The molecular formula is C11H9+. The molecule has 0 atom stereocenters. The van der Waals surface area contributed by atoms with Gasteiger partial charge in [0, 0.05) is 0 Å². The lowest BCUT2D eigenvalue weighted by molar-refractivity contribution is 1.57. The van der Waals surface area contributed by atoms with E-state index in [9.17, 15) is 0 Å². The molecule has 2 aliphatic rings. The maximum Gasteiger partial charge on any atom is 1.00 e. The third kappa shape index (κ3) is 0.548. The van der Waals surface area contributed by atoms with Crippen molar-refractivity contribution in [2.75, 3.05) is 0 Å². The van der Waals surface area contributed by atoms with Gasteiger partial charge in [-0.1, -0.05) is 36.4 Å². The molecule has 11 heavy (non-hydrogen) atoms. The summed E-state index contributed by atoms with van der Waals surface area (Å²) in [6, 6.07) is 8.64. The Hall–Kier alpha value is -1.30. The maximum absolute atomic E-state index is 2.23. The molecule has 0 unspecified atom stereocenters. The summed E-state index contributed by atoms with van der Waals surface area (Å²) in [5, 5.41) is 0. The van der Waals surface area contributed by atoms with Crippen molar-refractivity contribution in [2.45, 2.75) is 6.42 Å². The molecule has 52 valence electrons. The van der Waals surface area contributed by atoms with Crippen LogP contribution in [0.4, 0.5) is 0 Å². The molecule has 3 rings (SSSR count). The normalized spacial score (nSPS) is 17.8. The molecule has 0 aliphatic heterocycles. The predicted molar refractivity (Wildman–Crippen MR) is 48.1 cm³/mol. The molecule has 0 radical (unpaired) electrons. The largest absolute Gasteiger partial charge is 1.00 e. The molecular weight excluding hydrogens is 132 g/mol. The Kier molecular flexibility index (Phi) is 0.803. The first-order chi connectivity index (χ1) is 5.45. The number of rotatable bonds is 0. The van der Waals surface area contributed by atoms with Gasteiger partial charge in [0.2, 0.25) is 0 Å². The zero-order chi connectivity index (χ0) is 7.26. The van der Waals surface area contributed by atoms with Gasteiger partial charge in [-0.25, -0.2) is 0 Å². The van der Waals surface area contributed by atoms with Crippen LogP contribution in [0.3, 0.4) is 0 Å². The summed E-state index contributed by atoms with van der Waals surface area (Å²) in [6.45, 7) is 0. The monoisotopic (exact) mass is 141 g/mol. The summed E-state index contributed by atoms with van der Waals surface area (Å²) in [5.41, 5.74) is 5.89. The molecule has 0 saturated heterocycles. The SMILES string of the molecule is C1=C2CC(=C1)c1ccccc12.[H+]. The van der Waals surface area contributed by atoms with Crippen LogP contribution in [0, 0.1) is 0 Å². The lowest BCUT2D eigenvalue weighted by atomic mass is 10.0. The van der Waals surface area contributed by atoms with Crippen molar-refractivity contribution in [1.82, 2.24) is 0 Å². The maximum atomic E-state index is 2.23. The summed E-state index contributed by atoms with van der Waals surface area (Å²) < 4.78 is 0. The summed E-state index contributed by atoms with van der Waals surface area (Å²) in [6.07, 6.45) is 5.63. The smallest absolute Gasteiger partial charge is 0.0616 e. The van der Waals surface area contributed by atoms with Crippen LogP contribution in [-0.2, 0) is 0 Å². The summed E-state index contributed by atoms with van der Waals surface area (Å²) in [7, 11) is 0. The van der Waals surface area contributed by atoms with E-state index in [-0.39, 0.29) is 1.43 Å². The van der Waals surface area contributed by atoms with Crippen molar-refractivity contribution in [1.29, 1.82) is 0 Å². The average Bonchev–Trinajstić information content (AvgIpc) is 2.64. The van der Waals surface area contributed by atoms with Crippen LogP contribution in [0.25, 0.3) is 11.1 Å². The van der Waals surface area contributed by atoms with Gasteiger partial charge in [0.25, 0.3) is 0 Å². The van der Waals surface area contributed by atoms with Crippen molar-refractivity contribution in [3.63, 3.8) is 0 Å². The average molecular weight is 141 g/mol. The fraction of sp³-hybridized carbons (Fsp3) is 0.0909. The van der Waals surface area contributed by atoms with Gasteiger partial charge < -0.3 is 0 Å². The zero-order valence-electron chi connectivity index (χ0n) is 7.17. The first kappa shape index (κ1) is 5.36. The van der Waals surface area contributed by atoms with E-state index in [1.165, 1.54) is 28.7 Å². The highest BCUT2D eigenvalue weighted by molar-refractivity contribution is 5.97. The molecule has 2 bridgehead atoms. The molecule has 0 amide bonds. The molecule has 0 heterocycles. The van der Waals surface area contributed by atoms with E-state index in [4.69, 9.17) is 0 Å². The molecule has 0 aromatic heterocycles. The van der Waals surface area contributed by atoms with Crippen molar-refractivity contribution in [3.05, 3.63) is 47.5 Å². The Bertz CT molecular complexity index is 349. The predicted octanol–water partition coefficient (Wildman–Crippen LogP) is 2.98. The second-order valence-corrected chi connectivity index (χ2v) is 3.11. The highest BCUT2D eigenvalue weighted by Gasteiger charge is 2.22. The Balaban J connectivity index is 0.000000563. The molecule has 1 aromatic carbocycles. The minimum Gasteiger partial charge on any atom is -0.0616 e. The molecule has 1 aromatic rings. The Labute approximate surface area is 67.4 Å². The molecule has 0 nitrogen and oxygen atoms in total. The first-order valence-corrected chi connectivity index (χ1v) is 3.95. The number of hydrogen-bond acceptors (Lipinski definition) is 0. The molecule has 0 N–H and O–H groups in total. The van der Waals surface area contributed by atoms with Crippen LogP contribution in [-0.4, -0.2) is 0 Å². The van der Waals surface area contributed by atoms with Crippen molar-refractivity contribution in [3.8, 4) is 0 Å². The highest BCUT2D eigenvalue weighted by Crippen LogP contribution is 2.44. The number of benzene rings is 1. The second-order valence-electron chi connectivity index (χ2n) is 3.11. The first-order valence-electron chi connectivity index (χ1n) is 3.95. The summed E-state index contributed by atoms with van der Waals surface area (Å²) >= 11 is 0. The van der Waals surface area contributed by atoms with Crippen molar-refractivity contribution >= 4 is 11.1 Å². The number of allylic oxidation sites excluding steroid dienone is 4. The standard InChI is InChI=1S/C11H8/c1-2-4-11-9-6-5-8(7-9)10(11)3-1/h1-6H,7H2/p+1. The molecule has 0 heteroatoms. The van der Waals surface area contributed by atoms with E-state index in [0.29, 0.717) is 0 Å². The lowest BCUT2D eigenvalue weighted by Gasteiger charge is -2.01. The minimum absolute atomic E-state index is 0. The Morgan fingerprint density at radius 3 is 2.00 bits per heavy atom. The Morgan fingerprint density at radius 2 is 1.45 bits per heavy atom. The molecule has 0 spiro atoms. The minimum atomic E-state index is 0. The van der Waals surface area contributed by atoms with Gasteiger partial charge >= 0.3 is 1.43 Å². The van der Waals surface area contributed by atoms with Gasteiger partial charge in [0.15, 0.2) is 0 Å². The van der Waals surface area contributed by atoms with Crippen molar-refractivity contribution < 1.29 is 1.43 Å². The second kappa shape index (κ2) is 1.65. The quantitative estimate of drug-likeness (QED) is 0.521. The van der Waals surface area contributed by atoms with Gasteiger partial charge in [-0.05, 0) is 28.7 Å². The number of fused-ring (bicyclic) bond motifs is 5. The van der Waals surface area contributed by atoms with Crippen LogP contribution in [0.2, 0.25) is 0 Å². The summed E-state index contributed by atoms with van der Waals surface area (Å²) in [4.78, 5) is 0. The van der Waals surface area contributed by atoms with Crippen LogP contribution >= 0.6 is 0 Å².